The fourth-order valence-corrected chi connectivity index (χ4v) is 2.85. The van der Waals surface area contributed by atoms with E-state index in [9.17, 15) is 0 Å². The third-order valence-electron chi connectivity index (χ3n) is 3.72. The van der Waals surface area contributed by atoms with Crippen molar-refractivity contribution in [2.75, 3.05) is 13.1 Å². The van der Waals surface area contributed by atoms with Gasteiger partial charge >= 0.3 is 0 Å². The molecule has 2 rings (SSSR count). The van der Waals surface area contributed by atoms with E-state index in [4.69, 9.17) is 23.2 Å². The molecule has 1 aliphatic heterocycles. The van der Waals surface area contributed by atoms with Gasteiger partial charge in [0, 0.05) is 25.2 Å². The Hall–Kier alpha value is -0.280. The monoisotopic (exact) mass is 300 g/mol. The molecule has 0 amide bonds. The van der Waals surface area contributed by atoms with Crippen molar-refractivity contribution < 1.29 is 0 Å². The first-order valence-electron chi connectivity index (χ1n) is 6.97. The summed E-state index contributed by atoms with van der Waals surface area (Å²) < 4.78 is 0. The second-order valence-corrected chi connectivity index (χ2v) is 6.38. The van der Waals surface area contributed by atoms with Crippen molar-refractivity contribution in [3.05, 3.63) is 33.8 Å². The first-order valence-corrected chi connectivity index (χ1v) is 7.73. The Kier molecular flexibility index (Phi) is 5.52. The van der Waals surface area contributed by atoms with Crippen LogP contribution in [0.2, 0.25) is 10.0 Å². The number of rotatable bonds is 5. The maximum atomic E-state index is 6.08. The van der Waals surface area contributed by atoms with Crippen molar-refractivity contribution in [3.63, 3.8) is 0 Å². The van der Waals surface area contributed by atoms with Crippen molar-refractivity contribution in [1.29, 1.82) is 0 Å². The van der Waals surface area contributed by atoms with Crippen molar-refractivity contribution in [2.45, 2.75) is 45.3 Å². The van der Waals surface area contributed by atoms with E-state index in [1.54, 1.807) is 0 Å². The van der Waals surface area contributed by atoms with Gasteiger partial charge in [-0.25, -0.2) is 0 Å². The zero-order valence-electron chi connectivity index (χ0n) is 11.6. The predicted molar refractivity (Wildman–Crippen MR) is 83.0 cm³/mol. The van der Waals surface area contributed by atoms with E-state index in [-0.39, 0.29) is 0 Å². The molecule has 1 aromatic rings. The van der Waals surface area contributed by atoms with Crippen LogP contribution < -0.4 is 5.32 Å². The highest BCUT2D eigenvalue weighted by molar-refractivity contribution is 6.42. The van der Waals surface area contributed by atoms with Gasteiger partial charge in [-0.15, -0.1) is 0 Å². The van der Waals surface area contributed by atoms with Gasteiger partial charge in [-0.3, -0.25) is 4.90 Å². The lowest BCUT2D eigenvalue weighted by atomic mass is 10.1. The van der Waals surface area contributed by atoms with Crippen LogP contribution in [0.5, 0.6) is 0 Å². The average molecular weight is 301 g/mol. The summed E-state index contributed by atoms with van der Waals surface area (Å²) in [6, 6.07) is 7.07. The second kappa shape index (κ2) is 6.94. The zero-order chi connectivity index (χ0) is 13.8. The van der Waals surface area contributed by atoms with E-state index in [2.05, 4.69) is 30.1 Å². The number of hydrogen-bond acceptors (Lipinski definition) is 2. The molecular weight excluding hydrogens is 279 g/mol. The van der Waals surface area contributed by atoms with E-state index in [1.807, 2.05) is 12.1 Å². The molecule has 0 aliphatic carbocycles. The van der Waals surface area contributed by atoms with E-state index < -0.39 is 0 Å². The van der Waals surface area contributed by atoms with Crippen LogP contribution in [0.4, 0.5) is 0 Å². The molecule has 1 unspecified atom stereocenters. The van der Waals surface area contributed by atoms with Crippen molar-refractivity contribution in [3.8, 4) is 0 Å². The summed E-state index contributed by atoms with van der Waals surface area (Å²) in [5.74, 6) is 0. The molecule has 0 radical (unpaired) electrons. The van der Waals surface area contributed by atoms with Crippen LogP contribution in [-0.4, -0.2) is 30.1 Å². The first kappa shape index (κ1) is 15.1. The number of nitrogens with zero attached hydrogens (tertiary/aromatic N) is 1. The van der Waals surface area contributed by atoms with Gasteiger partial charge in [0.25, 0.3) is 0 Å². The lowest BCUT2D eigenvalue weighted by molar-refractivity contribution is 0.194. The SMILES string of the molecule is CC(C)N(Cc1ccc(Cl)c(Cl)c1)CC1CCCN1. The van der Waals surface area contributed by atoms with Gasteiger partial charge in [-0.1, -0.05) is 29.3 Å². The van der Waals surface area contributed by atoms with Gasteiger partial charge in [0.2, 0.25) is 0 Å². The highest BCUT2D eigenvalue weighted by atomic mass is 35.5. The van der Waals surface area contributed by atoms with Gasteiger partial charge in [0.05, 0.1) is 10.0 Å². The minimum Gasteiger partial charge on any atom is -0.313 e. The summed E-state index contributed by atoms with van der Waals surface area (Å²) in [5, 5.41) is 4.82. The van der Waals surface area contributed by atoms with E-state index in [0.717, 1.165) is 19.6 Å². The van der Waals surface area contributed by atoms with E-state index in [1.165, 1.54) is 18.4 Å². The van der Waals surface area contributed by atoms with Gasteiger partial charge in [0.15, 0.2) is 0 Å². The molecular formula is C15H22Cl2N2. The molecule has 0 saturated carbocycles. The van der Waals surface area contributed by atoms with Crippen molar-refractivity contribution in [1.82, 2.24) is 10.2 Å². The van der Waals surface area contributed by atoms with Crippen LogP contribution in [0.1, 0.15) is 32.3 Å². The topological polar surface area (TPSA) is 15.3 Å². The molecule has 1 fully saturated rings. The summed E-state index contributed by atoms with van der Waals surface area (Å²) in [7, 11) is 0. The molecule has 1 aliphatic rings. The molecule has 1 N–H and O–H groups in total. The predicted octanol–water partition coefficient (Wildman–Crippen LogP) is 3.96. The summed E-state index contributed by atoms with van der Waals surface area (Å²) in [4.78, 5) is 2.49. The van der Waals surface area contributed by atoms with Crippen LogP contribution in [0, 0.1) is 0 Å². The maximum absolute atomic E-state index is 6.08. The normalized spacial score (nSPS) is 19.6. The second-order valence-electron chi connectivity index (χ2n) is 5.56. The van der Waals surface area contributed by atoms with Crippen LogP contribution in [0.15, 0.2) is 18.2 Å². The zero-order valence-corrected chi connectivity index (χ0v) is 13.1. The molecule has 0 aromatic heterocycles. The van der Waals surface area contributed by atoms with Crippen molar-refractivity contribution >= 4 is 23.2 Å². The largest absolute Gasteiger partial charge is 0.313 e. The molecule has 19 heavy (non-hydrogen) atoms. The molecule has 106 valence electrons. The highest BCUT2D eigenvalue weighted by Crippen LogP contribution is 2.24. The van der Waals surface area contributed by atoms with Crippen LogP contribution in [0.3, 0.4) is 0 Å². The molecule has 4 heteroatoms. The Morgan fingerprint density at radius 2 is 2.11 bits per heavy atom. The molecule has 1 heterocycles. The Bertz CT molecular complexity index is 415. The van der Waals surface area contributed by atoms with Crippen LogP contribution in [-0.2, 0) is 6.54 Å². The minimum atomic E-state index is 0.525. The minimum absolute atomic E-state index is 0.525. The van der Waals surface area contributed by atoms with Gasteiger partial charge in [-0.05, 0) is 50.9 Å². The lowest BCUT2D eigenvalue weighted by Crippen LogP contribution is -2.40. The average Bonchev–Trinajstić information content (AvgIpc) is 2.86. The Morgan fingerprint density at radius 3 is 2.68 bits per heavy atom. The van der Waals surface area contributed by atoms with Gasteiger partial charge in [0.1, 0.15) is 0 Å². The molecule has 1 atom stereocenters. The first-order chi connectivity index (χ1) is 9.06. The quantitative estimate of drug-likeness (QED) is 0.885. The summed E-state index contributed by atoms with van der Waals surface area (Å²) in [6.07, 6.45) is 2.58. The summed E-state index contributed by atoms with van der Waals surface area (Å²) >= 11 is 12.0. The van der Waals surface area contributed by atoms with Crippen LogP contribution >= 0.6 is 23.2 Å². The molecule has 2 nitrogen and oxygen atoms in total. The van der Waals surface area contributed by atoms with Gasteiger partial charge in [-0.2, -0.15) is 0 Å². The number of halogens is 2. The summed E-state index contributed by atoms with van der Waals surface area (Å²) in [5.41, 5.74) is 1.22. The van der Waals surface area contributed by atoms with Crippen molar-refractivity contribution in [2.24, 2.45) is 0 Å². The Morgan fingerprint density at radius 1 is 1.32 bits per heavy atom. The Labute approximate surface area is 126 Å². The van der Waals surface area contributed by atoms with Gasteiger partial charge < -0.3 is 5.32 Å². The third-order valence-corrected chi connectivity index (χ3v) is 4.46. The number of hydrogen-bond donors (Lipinski definition) is 1. The summed E-state index contributed by atoms with van der Waals surface area (Å²) in [6.45, 7) is 7.66. The molecule has 1 saturated heterocycles. The van der Waals surface area contributed by atoms with E-state index in [0.29, 0.717) is 22.1 Å². The number of benzene rings is 1. The molecule has 0 spiro atoms. The van der Waals surface area contributed by atoms with E-state index >= 15 is 0 Å². The molecule has 0 bridgehead atoms. The fraction of sp³-hybridized carbons (Fsp3) is 0.600. The van der Waals surface area contributed by atoms with Crippen LogP contribution in [0.25, 0.3) is 0 Å². The highest BCUT2D eigenvalue weighted by Gasteiger charge is 2.19. The fourth-order valence-electron chi connectivity index (χ4n) is 2.53. The third kappa shape index (κ3) is 4.35. The standard InChI is InChI=1S/C15H22Cl2N2/c1-11(2)19(10-13-4-3-7-18-13)9-12-5-6-14(16)15(17)8-12/h5-6,8,11,13,18H,3-4,7,9-10H2,1-2H3. The smallest absolute Gasteiger partial charge is 0.0595 e. The maximum Gasteiger partial charge on any atom is 0.0595 e. The number of nitrogens with one attached hydrogen (secondary N) is 1. The molecule has 1 aromatic carbocycles. The lowest BCUT2D eigenvalue weighted by Gasteiger charge is -2.29. The Balaban J connectivity index is 2.00.